The summed E-state index contributed by atoms with van der Waals surface area (Å²) in [6.07, 6.45) is -1.68. The number of hydrogen-bond acceptors (Lipinski definition) is 8. The number of rotatable bonds is 8. The molecule has 166 valence electrons. The molecule has 1 saturated heterocycles. The smallest absolute Gasteiger partial charge is 0.251 e. The highest BCUT2D eigenvalue weighted by Crippen LogP contribution is 2.29. The molecule has 1 fully saturated rings. The van der Waals surface area contributed by atoms with Crippen molar-refractivity contribution < 1.29 is 34.3 Å². The number of aryl methyl sites for hydroxylation is 2. The lowest BCUT2D eigenvalue weighted by molar-refractivity contribution is -0.337. The number of ether oxygens (including phenoxy) is 4. The molecule has 31 heavy (non-hydrogen) atoms. The Kier molecular flexibility index (Phi) is 6.69. The minimum absolute atomic E-state index is 0.373. The van der Waals surface area contributed by atoms with Gasteiger partial charge < -0.3 is 38.8 Å². The zero-order chi connectivity index (χ0) is 21.8. The minimum atomic E-state index is -1.41. The second-order valence-corrected chi connectivity index (χ2v) is 7.25. The Bertz CT molecular complexity index is 991. The summed E-state index contributed by atoms with van der Waals surface area (Å²) < 4.78 is 24.1. The summed E-state index contributed by atoms with van der Waals surface area (Å²) in [5.41, 5.74) is 2.66. The first-order chi connectivity index (χ1) is 15.1. The summed E-state index contributed by atoms with van der Waals surface area (Å²) in [6, 6.07) is 13.3. The molecule has 4 rings (SSSR count). The molecule has 0 bridgehead atoms. The number of benzene rings is 2. The molecule has 0 amide bonds. The number of methoxy groups -OCH3 is 1. The molecule has 2 heterocycles. The summed E-state index contributed by atoms with van der Waals surface area (Å²) >= 11 is 0. The molecule has 4 unspecified atom stereocenters. The van der Waals surface area contributed by atoms with Gasteiger partial charge in [0.1, 0.15) is 29.2 Å². The molecule has 1 aliphatic rings. The molecule has 3 N–H and O–H groups in total. The topological polar surface area (TPSA) is 115 Å². The van der Waals surface area contributed by atoms with Crippen molar-refractivity contribution in [3.8, 4) is 11.5 Å². The highest BCUT2D eigenvalue weighted by molar-refractivity contribution is 5.82. The van der Waals surface area contributed by atoms with Crippen molar-refractivity contribution in [2.24, 2.45) is 0 Å². The molecule has 0 radical (unpaired) electrons. The number of hydrogen-bond donors (Lipinski definition) is 3. The second-order valence-electron chi connectivity index (χ2n) is 7.25. The SMILES string of the molecule is COc1ccc(CCn2cnc3cccc(OC4OC(CO)C(CO)OC4O)c32)cc1. The Balaban J connectivity index is 1.52. The zero-order valence-corrected chi connectivity index (χ0v) is 17.1. The van der Waals surface area contributed by atoms with E-state index >= 15 is 0 Å². The number of nitrogens with zero attached hydrogens (tertiary/aromatic N) is 2. The third kappa shape index (κ3) is 4.65. The second kappa shape index (κ2) is 9.63. The normalized spacial score (nSPS) is 23.7. The Labute approximate surface area is 179 Å². The molecule has 0 spiro atoms. The van der Waals surface area contributed by atoms with Crippen molar-refractivity contribution in [3.05, 3.63) is 54.4 Å². The number of aromatic nitrogens is 2. The average Bonchev–Trinajstić information content (AvgIpc) is 3.23. The van der Waals surface area contributed by atoms with E-state index in [1.807, 2.05) is 34.9 Å². The molecule has 9 nitrogen and oxygen atoms in total. The standard InChI is InChI=1S/C22H26N2O7/c1-28-15-7-5-14(6-8-15)9-10-24-13-23-16-3-2-4-17(20(16)24)30-22-21(27)29-18(11-25)19(12-26)31-22/h2-8,13,18-19,21-22,25-27H,9-12H2,1H3. The van der Waals surface area contributed by atoms with Crippen molar-refractivity contribution in [2.45, 2.75) is 37.8 Å². The van der Waals surface area contributed by atoms with Crippen LogP contribution in [0.15, 0.2) is 48.8 Å². The average molecular weight is 430 g/mol. The molecular weight excluding hydrogens is 404 g/mol. The van der Waals surface area contributed by atoms with Gasteiger partial charge in [0.05, 0.1) is 32.2 Å². The first-order valence-corrected chi connectivity index (χ1v) is 10.1. The Morgan fingerprint density at radius 2 is 1.77 bits per heavy atom. The highest BCUT2D eigenvalue weighted by atomic mass is 16.8. The number of aliphatic hydroxyl groups is 3. The maximum atomic E-state index is 10.2. The van der Waals surface area contributed by atoms with Gasteiger partial charge in [-0.2, -0.15) is 0 Å². The number of para-hydroxylation sites is 1. The van der Waals surface area contributed by atoms with Crippen LogP contribution in [0.25, 0.3) is 11.0 Å². The molecule has 4 atom stereocenters. The third-order valence-electron chi connectivity index (χ3n) is 5.28. The first-order valence-electron chi connectivity index (χ1n) is 10.1. The lowest BCUT2D eigenvalue weighted by Gasteiger charge is -2.37. The van der Waals surface area contributed by atoms with Gasteiger partial charge in [0.2, 0.25) is 6.29 Å². The third-order valence-corrected chi connectivity index (χ3v) is 5.28. The highest BCUT2D eigenvalue weighted by Gasteiger charge is 2.39. The largest absolute Gasteiger partial charge is 0.497 e. The van der Waals surface area contributed by atoms with Crippen molar-refractivity contribution in [3.63, 3.8) is 0 Å². The molecule has 1 aromatic heterocycles. The van der Waals surface area contributed by atoms with Crippen molar-refractivity contribution in [1.82, 2.24) is 9.55 Å². The molecule has 2 aromatic carbocycles. The fraction of sp³-hybridized carbons (Fsp3) is 0.409. The molecule has 9 heteroatoms. The van der Waals surface area contributed by atoms with Crippen LogP contribution in [-0.2, 0) is 22.4 Å². The van der Waals surface area contributed by atoms with Gasteiger partial charge in [-0.15, -0.1) is 0 Å². The van der Waals surface area contributed by atoms with Crippen LogP contribution in [0.3, 0.4) is 0 Å². The minimum Gasteiger partial charge on any atom is -0.497 e. The quantitative estimate of drug-likeness (QED) is 0.486. The summed E-state index contributed by atoms with van der Waals surface area (Å²) in [6.45, 7) is -0.0931. The van der Waals surface area contributed by atoms with E-state index in [0.29, 0.717) is 12.3 Å². The van der Waals surface area contributed by atoms with E-state index in [9.17, 15) is 15.3 Å². The lowest BCUT2D eigenvalue weighted by atomic mass is 10.1. The van der Waals surface area contributed by atoms with E-state index in [-0.39, 0.29) is 13.2 Å². The predicted octanol–water partition coefficient (Wildman–Crippen LogP) is 1.08. The number of imidazole rings is 1. The zero-order valence-electron chi connectivity index (χ0n) is 17.1. The van der Waals surface area contributed by atoms with Gasteiger partial charge in [0, 0.05) is 6.54 Å². The van der Waals surface area contributed by atoms with Crippen LogP contribution in [0.1, 0.15) is 5.56 Å². The molecular formula is C22H26N2O7. The maximum absolute atomic E-state index is 10.2. The van der Waals surface area contributed by atoms with Crippen molar-refractivity contribution in [2.75, 3.05) is 20.3 Å². The van der Waals surface area contributed by atoms with Crippen molar-refractivity contribution >= 4 is 11.0 Å². The first kappa shape index (κ1) is 21.5. The van der Waals surface area contributed by atoms with E-state index in [1.165, 1.54) is 0 Å². The number of aliphatic hydroxyl groups excluding tert-OH is 3. The van der Waals surface area contributed by atoms with E-state index in [4.69, 9.17) is 18.9 Å². The predicted molar refractivity (Wildman–Crippen MR) is 111 cm³/mol. The summed E-state index contributed by atoms with van der Waals surface area (Å²) in [5.74, 6) is 1.28. The molecule has 1 aliphatic heterocycles. The maximum Gasteiger partial charge on any atom is 0.251 e. The van der Waals surface area contributed by atoms with Gasteiger partial charge in [0.15, 0.2) is 0 Å². The van der Waals surface area contributed by atoms with E-state index in [0.717, 1.165) is 28.8 Å². The van der Waals surface area contributed by atoms with Gasteiger partial charge in [-0.25, -0.2) is 4.98 Å². The van der Waals surface area contributed by atoms with E-state index in [1.54, 1.807) is 25.6 Å². The van der Waals surface area contributed by atoms with Crippen molar-refractivity contribution in [1.29, 1.82) is 0 Å². The molecule has 0 saturated carbocycles. The van der Waals surface area contributed by atoms with Crippen LogP contribution in [0, 0.1) is 0 Å². The van der Waals surface area contributed by atoms with Crippen LogP contribution < -0.4 is 9.47 Å². The van der Waals surface area contributed by atoms with Gasteiger partial charge >= 0.3 is 0 Å². The van der Waals surface area contributed by atoms with E-state index < -0.39 is 24.8 Å². The van der Waals surface area contributed by atoms with Gasteiger partial charge in [-0.05, 0) is 36.2 Å². The summed E-state index contributed by atoms with van der Waals surface area (Å²) in [4.78, 5) is 4.44. The fourth-order valence-corrected chi connectivity index (χ4v) is 3.59. The monoisotopic (exact) mass is 430 g/mol. The lowest BCUT2D eigenvalue weighted by Crippen LogP contribution is -2.54. The summed E-state index contributed by atoms with van der Waals surface area (Å²) in [5, 5.41) is 29.0. The Hall–Kier alpha value is -2.69. The Morgan fingerprint density at radius 1 is 1.03 bits per heavy atom. The van der Waals surface area contributed by atoms with Crippen LogP contribution >= 0.6 is 0 Å². The van der Waals surface area contributed by atoms with Crippen LogP contribution in [0.5, 0.6) is 11.5 Å². The molecule has 0 aliphatic carbocycles. The van der Waals surface area contributed by atoms with Gasteiger partial charge in [0.25, 0.3) is 6.29 Å². The fourth-order valence-electron chi connectivity index (χ4n) is 3.59. The number of fused-ring (bicyclic) bond motifs is 1. The van der Waals surface area contributed by atoms with Crippen LogP contribution in [-0.4, -0.2) is 70.0 Å². The Morgan fingerprint density at radius 3 is 2.48 bits per heavy atom. The molecule has 3 aromatic rings. The van der Waals surface area contributed by atoms with Crippen LogP contribution in [0.2, 0.25) is 0 Å². The van der Waals surface area contributed by atoms with Gasteiger partial charge in [-0.1, -0.05) is 18.2 Å². The summed E-state index contributed by atoms with van der Waals surface area (Å²) in [7, 11) is 1.64. The van der Waals surface area contributed by atoms with E-state index in [2.05, 4.69) is 4.98 Å². The van der Waals surface area contributed by atoms with Gasteiger partial charge in [-0.3, -0.25) is 0 Å². The van der Waals surface area contributed by atoms with Crippen LogP contribution in [0.4, 0.5) is 0 Å².